The van der Waals surface area contributed by atoms with Gasteiger partial charge in [-0.05, 0) is 55.9 Å². The first kappa shape index (κ1) is 18.2. The van der Waals surface area contributed by atoms with Crippen LogP contribution in [0.15, 0.2) is 18.2 Å². The fourth-order valence-corrected chi connectivity index (χ4v) is 4.60. The molecular formula is C20H26FN3O3. The van der Waals surface area contributed by atoms with Gasteiger partial charge in [-0.3, -0.25) is 9.69 Å². The van der Waals surface area contributed by atoms with Crippen LogP contribution in [0.2, 0.25) is 0 Å². The minimum atomic E-state index is -0.947. The Morgan fingerprint density at radius 1 is 1.15 bits per heavy atom. The van der Waals surface area contributed by atoms with Gasteiger partial charge in [-0.25, -0.2) is 9.18 Å². The van der Waals surface area contributed by atoms with Crippen molar-refractivity contribution in [3.63, 3.8) is 0 Å². The maximum absolute atomic E-state index is 13.5. The van der Waals surface area contributed by atoms with Crippen LogP contribution in [-0.2, 0) is 4.79 Å². The molecule has 2 aliphatic heterocycles. The van der Waals surface area contributed by atoms with Crippen LogP contribution in [0.3, 0.4) is 0 Å². The third-order valence-corrected chi connectivity index (χ3v) is 6.20. The summed E-state index contributed by atoms with van der Waals surface area (Å²) in [5.41, 5.74) is 1.62. The first-order valence-corrected chi connectivity index (χ1v) is 9.73. The maximum Gasteiger partial charge on any atom is 0.407 e. The van der Waals surface area contributed by atoms with Gasteiger partial charge in [0.05, 0.1) is 12.6 Å². The minimum absolute atomic E-state index is 0.167. The number of nitrogens with zero attached hydrogens (tertiary/aromatic N) is 3. The molecule has 3 aliphatic rings. The molecule has 3 fully saturated rings. The predicted octanol–water partition coefficient (Wildman–Crippen LogP) is 2.62. The Labute approximate surface area is 158 Å². The lowest BCUT2D eigenvalue weighted by atomic mass is 9.88. The monoisotopic (exact) mass is 375 g/mol. The normalized spacial score (nSPS) is 27.1. The number of aryl methyl sites for hydroxylation is 1. The number of likely N-dealkylation sites (tertiary alicyclic amines) is 1. The van der Waals surface area contributed by atoms with E-state index in [9.17, 15) is 19.1 Å². The molecule has 2 atom stereocenters. The first-order chi connectivity index (χ1) is 12.9. The van der Waals surface area contributed by atoms with Crippen LogP contribution in [0.25, 0.3) is 0 Å². The Balaban J connectivity index is 1.51. The molecule has 2 amide bonds. The number of benzene rings is 1. The molecule has 1 N–H and O–H groups in total. The van der Waals surface area contributed by atoms with Crippen LogP contribution in [0.4, 0.5) is 9.18 Å². The molecule has 6 nitrogen and oxygen atoms in total. The van der Waals surface area contributed by atoms with Gasteiger partial charge < -0.3 is 14.9 Å². The molecule has 146 valence electrons. The van der Waals surface area contributed by atoms with Gasteiger partial charge >= 0.3 is 6.09 Å². The molecule has 2 heterocycles. The number of carboxylic acid groups (broad SMARTS) is 1. The highest BCUT2D eigenvalue weighted by Crippen LogP contribution is 2.36. The number of amides is 2. The Hall–Kier alpha value is -2.15. The SMILES string of the molecule is Cc1cc(F)ccc1C1CC(N2CCN(C3CC3)C(=O)C2)CCN1C(=O)O. The standard InChI is InChI=1S/C20H26FN3O3/c1-13-10-14(21)2-5-17(13)18-11-16(6-7-24(18)20(26)27)22-8-9-23(15-3-4-15)19(25)12-22/h2,5,10,15-16,18H,3-4,6-9,11-12H2,1H3,(H,26,27). The summed E-state index contributed by atoms with van der Waals surface area (Å²) in [5, 5.41) is 9.63. The van der Waals surface area contributed by atoms with Gasteiger partial charge in [0.1, 0.15) is 5.82 Å². The van der Waals surface area contributed by atoms with Crippen molar-refractivity contribution in [2.75, 3.05) is 26.2 Å². The molecule has 27 heavy (non-hydrogen) atoms. The summed E-state index contributed by atoms with van der Waals surface area (Å²) in [6.45, 7) is 4.28. The Morgan fingerprint density at radius 3 is 2.56 bits per heavy atom. The van der Waals surface area contributed by atoms with Gasteiger partial charge in [-0.15, -0.1) is 0 Å². The molecule has 2 unspecified atom stereocenters. The number of piperidine rings is 1. The summed E-state index contributed by atoms with van der Waals surface area (Å²) in [6, 6.07) is 4.85. The summed E-state index contributed by atoms with van der Waals surface area (Å²) in [6.07, 6.45) is 2.65. The maximum atomic E-state index is 13.5. The average molecular weight is 375 g/mol. The van der Waals surface area contributed by atoms with Crippen LogP contribution in [0.1, 0.15) is 42.9 Å². The van der Waals surface area contributed by atoms with E-state index in [1.54, 1.807) is 6.07 Å². The first-order valence-electron chi connectivity index (χ1n) is 9.73. The van der Waals surface area contributed by atoms with E-state index >= 15 is 0 Å². The third-order valence-electron chi connectivity index (χ3n) is 6.20. The molecular weight excluding hydrogens is 349 g/mol. The predicted molar refractivity (Wildman–Crippen MR) is 97.9 cm³/mol. The van der Waals surface area contributed by atoms with Crippen LogP contribution in [0.5, 0.6) is 0 Å². The molecule has 2 saturated heterocycles. The zero-order valence-corrected chi connectivity index (χ0v) is 15.6. The summed E-state index contributed by atoms with van der Waals surface area (Å²) in [7, 11) is 0. The van der Waals surface area contributed by atoms with Gasteiger partial charge in [-0.2, -0.15) is 0 Å². The van der Waals surface area contributed by atoms with E-state index in [2.05, 4.69) is 4.90 Å². The summed E-state index contributed by atoms with van der Waals surface area (Å²) in [4.78, 5) is 29.9. The van der Waals surface area contributed by atoms with Crippen LogP contribution in [0, 0.1) is 12.7 Å². The Morgan fingerprint density at radius 2 is 1.93 bits per heavy atom. The van der Waals surface area contributed by atoms with Gasteiger partial charge in [-0.1, -0.05) is 6.07 Å². The smallest absolute Gasteiger partial charge is 0.407 e. The molecule has 1 aliphatic carbocycles. The van der Waals surface area contributed by atoms with E-state index in [0.717, 1.165) is 43.5 Å². The second kappa shape index (κ2) is 7.11. The third kappa shape index (κ3) is 3.65. The number of hydrogen-bond donors (Lipinski definition) is 1. The second-order valence-electron chi connectivity index (χ2n) is 7.96. The van der Waals surface area contributed by atoms with E-state index in [1.807, 2.05) is 11.8 Å². The van der Waals surface area contributed by atoms with Gasteiger partial charge in [0.25, 0.3) is 0 Å². The summed E-state index contributed by atoms with van der Waals surface area (Å²) in [5.74, 6) is -0.119. The van der Waals surface area contributed by atoms with Crippen LogP contribution < -0.4 is 0 Å². The fourth-order valence-electron chi connectivity index (χ4n) is 4.60. The number of piperazine rings is 1. The van der Waals surface area contributed by atoms with Gasteiger partial charge in [0.2, 0.25) is 5.91 Å². The van der Waals surface area contributed by atoms with Crippen molar-refractivity contribution in [2.24, 2.45) is 0 Å². The van der Waals surface area contributed by atoms with Crippen molar-refractivity contribution in [1.82, 2.24) is 14.7 Å². The highest BCUT2D eigenvalue weighted by molar-refractivity contribution is 5.79. The number of halogens is 1. The van der Waals surface area contributed by atoms with Crippen molar-refractivity contribution in [3.05, 3.63) is 35.1 Å². The zero-order valence-electron chi connectivity index (χ0n) is 15.6. The van der Waals surface area contributed by atoms with Gasteiger partial charge in [0.15, 0.2) is 0 Å². The van der Waals surface area contributed by atoms with Crippen molar-refractivity contribution in [3.8, 4) is 0 Å². The molecule has 7 heteroatoms. The second-order valence-corrected chi connectivity index (χ2v) is 7.96. The molecule has 0 bridgehead atoms. The Kier molecular flexibility index (Phi) is 4.80. The lowest BCUT2D eigenvalue weighted by molar-refractivity contribution is -0.138. The van der Waals surface area contributed by atoms with E-state index in [1.165, 1.54) is 17.0 Å². The topological polar surface area (TPSA) is 64.1 Å². The highest BCUT2D eigenvalue weighted by atomic mass is 19.1. The van der Waals surface area contributed by atoms with Crippen molar-refractivity contribution in [2.45, 2.75) is 50.7 Å². The molecule has 1 aromatic rings. The number of hydrogen-bond acceptors (Lipinski definition) is 3. The number of rotatable bonds is 3. The lowest BCUT2D eigenvalue weighted by Crippen LogP contribution is -2.56. The van der Waals surface area contributed by atoms with Crippen molar-refractivity contribution >= 4 is 12.0 Å². The molecule has 4 rings (SSSR count). The molecule has 0 spiro atoms. The van der Waals surface area contributed by atoms with Gasteiger partial charge in [0, 0.05) is 31.7 Å². The minimum Gasteiger partial charge on any atom is -0.465 e. The lowest BCUT2D eigenvalue weighted by Gasteiger charge is -2.45. The summed E-state index contributed by atoms with van der Waals surface area (Å²) < 4.78 is 13.5. The molecule has 1 aromatic carbocycles. The van der Waals surface area contributed by atoms with E-state index in [4.69, 9.17) is 0 Å². The largest absolute Gasteiger partial charge is 0.465 e. The van der Waals surface area contributed by atoms with Crippen molar-refractivity contribution < 1.29 is 19.1 Å². The number of carbonyl (C=O) groups is 2. The highest BCUT2D eigenvalue weighted by Gasteiger charge is 2.40. The average Bonchev–Trinajstić information content (AvgIpc) is 3.46. The van der Waals surface area contributed by atoms with Crippen LogP contribution in [-0.4, -0.2) is 70.1 Å². The van der Waals surface area contributed by atoms with E-state index in [0.29, 0.717) is 25.6 Å². The van der Waals surface area contributed by atoms with E-state index < -0.39 is 6.09 Å². The van der Waals surface area contributed by atoms with E-state index in [-0.39, 0.29) is 23.8 Å². The quantitative estimate of drug-likeness (QED) is 0.882. The molecule has 0 radical (unpaired) electrons. The Bertz CT molecular complexity index is 752. The molecule has 1 saturated carbocycles. The summed E-state index contributed by atoms with van der Waals surface area (Å²) >= 11 is 0. The van der Waals surface area contributed by atoms with Crippen molar-refractivity contribution in [1.29, 1.82) is 0 Å². The zero-order chi connectivity index (χ0) is 19.1. The molecule has 0 aromatic heterocycles. The fraction of sp³-hybridized carbons (Fsp3) is 0.600. The number of carbonyl (C=O) groups excluding carboxylic acids is 1. The van der Waals surface area contributed by atoms with Crippen LogP contribution >= 0.6 is 0 Å².